The predicted octanol–water partition coefficient (Wildman–Crippen LogP) is 1.55. The summed E-state index contributed by atoms with van der Waals surface area (Å²) in [7, 11) is 3.82. The first-order valence-corrected chi connectivity index (χ1v) is 11.3. The highest BCUT2D eigenvalue weighted by molar-refractivity contribution is 5.79. The molecule has 5 rings (SSSR count). The number of nitrogens with one attached hydrogen (secondary N) is 1. The second-order valence-electron chi connectivity index (χ2n) is 9.39. The number of likely N-dealkylation sites (N-methyl/N-ethyl adjacent to an activating group) is 1. The number of nitrogens with zero attached hydrogens (tertiary/aromatic N) is 5. The predicted molar refractivity (Wildman–Crippen MR) is 114 cm³/mol. The number of hydrogen-bond donors (Lipinski definition) is 1. The molecule has 0 aromatic carbocycles. The van der Waals surface area contributed by atoms with Crippen LogP contribution in [0.3, 0.4) is 0 Å². The second-order valence-corrected chi connectivity index (χ2v) is 9.39. The first kappa shape index (κ1) is 19.8. The Bertz CT molecular complexity index is 1000. The van der Waals surface area contributed by atoms with E-state index in [2.05, 4.69) is 10.00 Å². The Kier molecular flexibility index (Phi) is 5.14. The van der Waals surface area contributed by atoms with E-state index in [9.17, 15) is 9.59 Å². The summed E-state index contributed by atoms with van der Waals surface area (Å²) in [6.07, 6.45) is 7.83. The Morgan fingerprint density at radius 3 is 2.77 bits per heavy atom. The Balaban J connectivity index is 1.44. The van der Waals surface area contributed by atoms with Gasteiger partial charge >= 0.3 is 0 Å². The van der Waals surface area contributed by atoms with E-state index in [0.29, 0.717) is 24.8 Å². The normalized spacial score (nSPS) is 23.0. The number of H-pyrrole nitrogens is 1. The van der Waals surface area contributed by atoms with Gasteiger partial charge in [-0.25, -0.2) is 9.50 Å². The molecule has 1 unspecified atom stereocenters. The molecule has 1 aliphatic carbocycles. The Morgan fingerprint density at radius 2 is 2.00 bits per heavy atom. The molecule has 4 heterocycles. The number of carbonyl (C=O) groups excluding carboxylic acids is 1. The average Bonchev–Trinajstić information content (AvgIpc) is 3.46. The van der Waals surface area contributed by atoms with E-state index in [0.717, 1.165) is 49.3 Å². The molecule has 2 aliphatic heterocycles. The third-order valence-electron chi connectivity index (χ3n) is 7.04. The lowest BCUT2D eigenvalue weighted by molar-refractivity contribution is -0.132. The van der Waals surface area contributed by atoms with Crippen molar-refractivity contribution in [2.75, 3.05) is 33.7 Å². The number of aromatic amines is 1. The Hall–Kier alpha value is -2.19. The molecule has 1 atom stereocenters. The number of carbonyl (C=O) groups is 1. The smallest absolute Gasteiger partial charge is 0.277 e. The van der Waals surface area contributed by atoms with E-state index in [1.807, 2.05) is 30.0 Å². The van der Waals surface area contributed by atoms with Gasteiger partial charge in [0.2, 0.25) is 5.91 Å². The van der Waals surface area contributed by atoms with Crippen molar-refractivity contribution in [3.8, 4) is 0 Å². The third-order valence-corrected chi connectivity index (χ3v) is 7.04. The summed E-state index contributed by atoms with van der Waals surface area (Å²) in [6, 6.07) is 2.58. The molecule has 8 heteroatoms. The Labute approximate surface area is 176 Å². The molecule has 1 amide bonds. The summed E-state index contributed by atoms with van der Waals surface area (Å²) < 4.78 is 1.60. The van der Waals surface area contributed by atoms with Crippen molar-refractivity contribution in [1.82, 2.24) is 29.3 Å². The van der Waals surface area contributed by atoms with E-state index >= 15 is 0 Å². The molecule has 0 bridgehead atoms. The molecule has 0 spiro atoms. The minimum atomic E-state index is -0.00874. The SMILES string of the molecule is CN(C)CC(=O)N1CCCC1c1cc2nc3c(c(=O)n2[nH]1)CN(C1CCCC1)CC3. The van der Waals surface area contributed by atoms with Gasteiger partial charge in [-0.1, -0.05) is 12.8 Å². The number of aromatic nitrogens is 3. The first-order valence-electron chi connectivity index (χ1n) is 11.3. The van der Waals surface area contributed by atoms with Crippen molar-refractivity contribution in [3.05, 3.63) is 33.4 Å². The van der Waals surface area contributed by atoms with Gasteiger partial charge in [0.15, 0.2) is 5.65 Å². The summed E-state index contributed by atoms with van der Waals surface area (Å²) in [5, 5.41) is 3.29. The number of hydrogen-bond acceptors (Lipinski definition) is 5. The number of amides is 1. The maximum absolute atomic E-state index is 13.3. The van der Waals surface area contributed by atoms with Crippen molar-refractivity contribution in [2.24, 2.45) is 0 Å². The van der Waals surface area contributed by atoms with E-state index in [1.54, 1.807) is 4.52 Å². The number of rotatable bonds is 4. The van der Waals surface area contributed by atoms with Gasteiger partial charge in [0.1, 0.15) is 0 Å². The molecule has 162 valence electrons. The average molecular weight is 413 g/mol. The van der Waals surface area contributed by atoms with Gasteiger partial charge in [-0.2, -0.15) is 0 Å². The summed E-state index contributed by atoms with van der Waals surface area (Å²) in [4.78, 5) is 37.1. The minimum absolute atomic E-state index is 0.00874. The summed E-state index contributed by atoms with van der Waals surface area (Å²) >= 11 is 0. The van der Waals surface area contributed by atoms with Crippen LogP contribution in [0.5, 0.6) is 0 Å². The highest BCUT2D eigenvalue weighted by Crippen LogP contribution is 2.32. The van der Waals surface area contributed by atoms with Crippen molar-refractivity contribution >= 4 is 11.6 Å². The van der Waals surface area contributed by atoms with Crippen LogP contribution in [0, 0.1) is 0 Å². The van der Waals surface area contributed by atoms with Gasteiger partial charge in [0.25, 0.3) is 5.56 Å². The fraction of sp³-hybridized carbons (Fsp3) is 0.682. The molecular weight excluding hydrogens is 380 g/mol. The monoisotopic (exact) mass is 412 g/mol. The van der Waals surface area contributed by atoms with Gasteiger partial charge in [0.05, 0.1) is 29.5 Å². The van der Waals surface area contributed by atoms with Crippen molar-refractivity contribution < 1.29 is 4.79 Å². The molecule has 8 nitrogen and oxygen atoms in total. The molecular formula is C22H32N6O2. The van der Waals surface area contributed by atoms with Crippen molar-refractivity contribution in [3.63, 3.8) is 0 Å². The van der Waals surface area contributed by atoms with Gasteiger partial charge < -0.3 is 9.80 Å². The lowest BCUT2D eigenvalue weighted by Gasteiger charge is -2.32. The van der Waals surface area contributed by atoms with E-state index in [-0.39, 0.29) is 17.5 Å². The van der Waals surface area contributed by atoms with Crippen LogP contribution in [-0.4, -0.2) is 75.0 Å². The molecule has 30 heavy (non-hydrogen) atoms. The quantitative estimate of drug-likeness (QED) is 0.825. The maximum atomic E-state index is 13.3. The topological polar surface area (TPSA) is 77.0 Å². The van der Waals surface area contributed by atoms with Crippen LogP contribution in [-0.2, 0) is 17.8 Å². The second kappa shape index (κ2) is 7.81. The minimum Gasteiger partial charge on any atom is -0.333 e. The molecule has 3 aliphatic rings. The lowest BCUT2D eigenvalue weighted by atomic mass is 10.0. The fourth-order valence-corrected chi connectivity index (χ4v) is 5.52. The van der Waals surface area contributed by atoms with Crippen LogP contribution in [0.25, 0.3) is 5.65 Å². The van der Waals surface area contributed by atoms with Crippen LogP contribution < -0.4 is 5.56 Å². The van der Waals surface area contributed by atoms with Gasteiger partial charge in [-0.3, -0.25) is 19.6 Å². The van der Waals surface area contributed by atoms with Crippen LogP contribution in [0.1, 0.15) is 61.5 Å². The molecule has 0 radical (unpaired) electrons. The molecule has 1 saturated carbocycles. The molecule has 1 N–H and O–H groups in total. The summed E-state index contributed by atoms with van der Waals surface area (Å²) in [5.74, 6) is 0.132. The third kappa shape index (κ3) is 3.46. The van der Waals surface area contributed by atoms with E-state index in [4.69, 9.17) is 4.98 Å². The lowest BCUT2D eigenvalue weighted by Crippen LogP contribution is -2.41. The zero-order valence-corrected chi connectivity index (χ0v) is 18.1. The highest BCUT2D eigenvalue weighted by Gasteiger charge is 2.33. The van der Waals surface area contributed by atoms with E-state index < -0.39 is 0 Å². The fourth-order valence-electron chi connectivity index (χ4n) is 5.52. The summed E-state index contributed by atoms with van der Waals surface area (Å²) in [6.45, 7) is 2.87. The largest absolute Gasteiger partial charge is 0.333 e. The number of likely N-dealkylation sites (tertiary alicyclic amines) is 1. The maximum Gasteiger partial charge on any atom is 0.277 e. The van der Waals surface area contributed by atoms with Crippen LogP contribution in [0.2, 0.25) is 0 Å². The first-order chi connectivity index (χ1) is 14.5. The van der Waals surface area contributed by atoms with Crippen LogP contribution in [0.4, 0.5) is 0 Å². The van der Waals surface area contributed by atoms with Crippen molar-refractivity contribution in [1.29, 1.82) is 0 Å². The molecule has 2 fully saturated rings. The Morgan fingerprint density at radius 1 is 1.20 bits per heavy atom. The van der Waals surface area contributed by atoms with Crippen molar-refractivity contribution in [2.45, 2.75) is 63.6 Å². The zero-order valence-electron chi connectivity index (χ0n) is 18.1. The van der Waals surface area contributed by atoms with Crippen LogP contribution in [0.15, 0.2) is 10.9 Å². The van der Waals surface area contributed by atoms with E-state index in [1.165, 1.54) is 25.7 Å². The van der Waals surface area contributed by atoms with Gasteiger partial charge in [-0.05, 0) is 39.8 Å². The molecule has 2 aromatic rings. The number of fused-ring (bicyclic) bond motifs is 2. The molecule has 2 aromatic heterocycles. The van der Waals surface area contributed by atoms with Gasteiger partial charge in [0, 0.05) is 38.2 Å². The summed E-state index contributed by atoms with van der Waals surface area (Å²) in [5.41, 5.74) is 3.40. The van der Waals surface area contributed by atoms with Gasteiger partial charge in [-0.15, -0.1) is 0 Å². The van der Waals surface area contributed by atoms with Crippen LogP contribution >= 0.6 is 0 Å². The zero-order chi connectivity index (χ0) is 20.8. The standard InChI is InChI=1S/C22H32N6O2/c1-25(2)14-21(29)27-10-5-8-19(27)18-12-20-23-17-9-11-26(15-6-3-4-7-15)13-16(17)22(30)28(20)24-18/h12,15,19,24H,3-11,13-14H2,1-2H3. The molecule has 1 saturated heterocycles. The highest BCUT2D eigenvalue weighted by atomic mass is 16.2.